The molecule has 4 heteroatoms. The Morgan fingerprint density at radius 2 is 2.20 bits per heavy atom. The van der Waals surface area contributed by atoms with Gasteiger partial charge in [-0.05, 0) is 24.5 Å². The molecule has 1 aromatic carbocycles. The second kappa shape index (κ2) is 6.86. The Labute approximate surface area is 121 Å². The van der Waals surface area contributed by atoms with E-state index < -0.39 is 0 Å². The second-order valence-corrected chi connectivity index (χ2v) is 5.88. The smallest absolute Gasteiger partial charge is 0.238 e. The Morgan fingerprint density at radius 1 is 1.45 bits per heavy atom. The van der Waals surface area contributed by atoms with Gasteiger partial charge in [0, 0.05) is 31.4 Å². The third-order valence-electron chi connectivity index (χ3n) is 3.68. The van der Waals surface area contributed by atoms with E-state index in [-0.39, 0.29) is 5.91 Å². The summed E-state index contributed by atoms with van der Waals surface area (Å²) in [6, 6.07) is 8.50. The number of carbonyl (C=O) groups excluding carboxylic acids is 1. The van der Waals surface area contributed by atoms with Crippen LogP contribution in [-0.2, 0) is 4.79 Å². The van der Waals surface area contributed by atoms with E-state index in [0.29, 0.717) is 18.5 Å². The molecule has 1 aliphatic rings. The Bertz CT molecular complexity index is 459. The summed E-state index contributed by atoms with van der Waals surface area (Å²) < 4.78 is 0. The number of nitrogens with zero attached hydrogens (tertiary/aromatic N) is 1. The Hall–Kier alpha value is -1.39. The fourth-order valence-corrected chi connectivity index (χ4v) is 2.66. The van der Waals surface area contributed by atoms with E-state index in [9.17, 15) is 4.79 Å². The summed E-state index contributed by atoms with van der Waals surface area (Å²) in [6.45, 7) is 9.72. The van der Waals surface area contributed by atoms with Crippen LogP contribution >= 0.6 is 0 Å². The quantitative estimate of drug-likeness (QED) is 0.884. The average molecular weight is 275 g/mol. The predicted molar refractivity (Wildman–Crippen MR) is 83.1 cm³/mol. The SMILES string of the molecule is CC(C)c1ccccc1NC(=O)CN1CCN[C@@H](C)C1. The van der Waals surface area contributed by atoms with Crippen LogP contribution in [0.15, 0.2) is 24.3 Å². The van der Waals surface area contributed by atoms with Crippen molar-refractivity contribution in [2.24, 2.45) is 0 Å². The minimum absolute atomic E-state index is 0.0761. The molecule has 1 amide bonds. The van der Waals surface area contributed by atoms with E-state index in [4.69, 9.17) is 0 Å². The van der Waals surface area contributed by atoms with Crippen LogP contribution in [0.4, 0.5) is 5.69 Å². The van der Waals surface area contributed by atoms with Crippen molar-refractivity contribution < 1.29 is 4.79 Å². The van der Waals surface area contributed by atoms with E-state index in [1.54, 1.807) is 0 Å². The van der Waals surface area contributed by atoms with Gasteiger partial charge in [0.15, 0.2) is 0 Å². The number of hydrogen-bond acceptors (Lipinski definition) is 3. The standard InChI is InChI=1S/C16H25N3O/c1-12(2)14-6-4-5-7-15(14)18-16(20)11-19-9-8-17-13(3)10-19/h4-7,12-13,17H,8-11H2,1-3H3,(H,18,20)/t13-/m0/s1. The van der Waals surface area contributed by atoms with E-state index in [0.717, 1.165) is 25.3 Å². The van der Waals surface area contributed by atoms with Crippen LogP contribution in [0.25, 0.3) is 0 Å². The molecule has 0 bridgehead atoms. The van der Waals surface area contributed by atoms with E-state index in [2.05, 4.69) is 42.4 Å². The molecule has 0 unspecified atom stereocenters. The molecule has 110 valence electrons. The van der Waals surface area contributed by atoms with Gasteiger partial charge in [0.2, 0.25) is 5.91 Å². The molecule has 0 radical (unpaired) electrons. The first-order chi connectivity index (χ1) is 9.56. The van der Waals surface area contributed by atoms with Gasteiger partial charge in [-0.25, -0.2) is 0 Å². The Morgan fingerprint density at radius 3 is 2.90 bits per heavy atom. The highest BCUT2D eigenvalue weighted by Gasteiger charge is 2.18. The molecule has 1 aromatic rings. The van der Waals surface area contributed by atoms with Crippen molar-refractivity contribution in [2.75, 3.05) is 31.5 Å². The molecule has 2 rings (SSSR count). The number of amides is 1. The Kier molecular flexibility index (Phi) is 5.15. The van der Waals surface area contributed by atoms with E-state index in [1.165, 1.54) is 5.56 Å². The van der Waals surface area contributed by atoms with Gasteiger partial charge in [-0.1, -0.05) is 32.0 Å². The molecule has 2 N–H and O–H groups in total. The highest BCUT2D eigenvalue weighted by molar-refractivity contribution is 5.93. The molecule has 20 heavy (non-hydrogen) atoms. The monoisotopic (exact) mass is 275 g/mol. The maximum Gasteiger partial charge on any atom is 0.238 e. The first kappa shape index (κ1) is 15.0. The molecule has 1 atom stereocenters. The van der Waals surface area contributed by atoms with Crippen molar-refractivity contribution >= 4 is 11.6 Å². The van der Waals surface area contributed by atoms with Gasteiger partial charge in [-0.15, -0.1) is 0 Å². The Balaban J connectivity index is 1.94. The highest BCUT2D eigenvalue weighted by atomic mass is 16.2. The van der Waals surface area contributed by atoms with Crippen molar-refractivity contribution in [1.29, 1.82) is 0 Å². The van der Waals surface area contributed by atoms with Gasteiger partial charge < -0.3 is 10.6 Å². The van der Waals surface area contributed by atoms with E-state index >= 15 is 0 Å². The lowest BCUT2D eigenvalue weighted by atomic mass is 10.0. The van der Waals surface area contributed by atoms with E-state index in [1.807, 2.05) is 18.2 Å². The van der Waals surface area contributed by atoms with Crippen LogP contribution in [0.2, 0.25) is 0 Å². The second-order valence-electron chi connectivity index (χ2n) is 5.88. The molecule has 4 nitrogen and oxygen atoms in total. The fourth-order valence-electron chi connectivity index (χ4n) is 2.66. The number of nitrogens with one attached hydrogen (secondary N) is 2. The number of benzene rings is 1. The molecule has 1 aliphatic heterocycles. The fraction of sp³-hybridized carbons (Fsp3) is 0.562. The number of rotatable bonds is 4. The van der Waals surface area contributed by atoms with Crippen molar-refractivity contribution in [3.8, 4) is 0 Å². The molecular formula is C16H25N3O. The molecule has 0 saturated carbocycles. The van der Waals surface area contributed by atoms with Crippen molar-refractivity contribution in [3.05, 3.63) is 29.8 Å². The zero-order chi connectivity index (χ0) is 14.5. The van der Waals surface area contributed by atoms with Crippen LogP contribution in [0.3, 0.4) is 0 Å². The van der Waals surface area contributed by atoms with Gasteiger partial charge in [0.1, 0.15) is 0 Å². The molecule has 0 spiro atoms. The minimum atomic E-state index is 0.0761. The van der Waals surface area contributed by atoms with Crippen molar-refractivity contribution in [3.63, 3.8) is 0 Å². The van der Waals surface area contributed by atoms with Gasteiger partial charge in [-0.2, -0.15) is 0 Å². The summed E-state index contributed by atoms with van der Waals surface area (Å²) in [5.41, 5.74) is 2.13. The molecule has 1 heterocycles. The molecule has 1 saturated heterocycles. The summed E-state index contributed by atoms with van der Waals surface area (Å²) in [5, 5.41) is 6.44. The minimum Gasteiger partial charge on any atom is -0.325 e. The van der Waals surface area contributed by atoms with Gasteiger partial charge in [0.25, 0.3) is 0 Å². The van der Waals surface area contributed by atoms with Gasteiger partial charge in [-0.3, -0.25) is 9.69 Å². The third-order valence-corrected chi connectivity index (χ3v) is 3.68. The summed E-state index contributed by atoms with van der Waals surface area (Å²) in [4.78, 5) is 14.4. The number of hydrogen-bond donors (Lipinski definition) is 2. The number of piperazine rings is 1. The number of carbonyl (C=O) groups is 1. The maximum absolute atomic E-state index is 12.2. The maximum atomic E-state index is 12.2. The topological polar surface area (TPSA) is 44.4 Å². The molecule has 0 aromatic heterocycles. The third kappa shape index (κ3) is 4.05. The zero-order valence-electron chi connectivity index (χ0n) is 12.6. The summed E-state index contributed by atoms with van der Waals surface area (Å²) in [7, 11) is 0. The first-order valence-corrected chi connectivity index (χ1v) is 7.40. The largest absolute Gasteiger partial charge is 0.325 e. The first-order valence-electron chi connectivity index (χ1n) is 7.40. The lowest BCUT2D eigenvalue weighted by Crippen LogP contribution is -2.51. The van der Waals surface area contributed by atoms with Crippen molar-refractivity contribution in [1.82, 2.24) is 10.2 Å². The summed E-state index contributed by atoms with van der Waals surface area (Å²) in [5.74, 6) is 0.484. The lowest BCUT2D eigenvalue weighted by molar-refractivity contribution is -0.117. The summed E-state index contributed by atoms with van der Waals surface area (Å²) in [6.07, 6.45) is 0. The lowest BCUT2D eigenvalue weighted by Gasteiger charge is -2.31. The highest BCUT2D eigenvalue weighted by Crippen LogP contribution is 2.23. The van der Waals surface area contributed by atoms with Crippen LogP contribution in [-0.4, -0.2) is 43.0 Å². The van der Waals surface area contributed by atoms with Gasteiger partial charge >= 0.3 is 0 Å². The van der Waals surface area contributed by atoms with Crippen LogP contribution < -0.4 is 10.6 Å². The van der Waals surface area contributed by atoms with Gasteiger partial charge in [0.05, 0.1) is 6.54 Å². The molecule has 1 fully saturated rings. The predicted octanol–water partition coefficient (Wildman–Crippen LogP) is 2.04. The average Bonchev–Trinajstić information content (AvgIpc) is 2.38. The van der Waals surface area contributed by atoms with Crippen LogP contribution in [0, 0.1) is 0 Å². The summed E-state index contributed by atoms with van der Waals surface area (Å²) >= 11 is 0. The molecule has 0 aliphatic carbocycles. The molecular weight excluding hydrogens is 250 g/mol. The number of anilines is 1. The normalized spacial score (nSPS) is 20.1. The number of para-hydroxylation sites is 1. The van der Waals surface area contributed by atoms with Crippen molar-refractivity contribution in [2.45, 2.75) is 32.7 Å². The van der Waals surface area contributed by atoms with Crippen LogP contribution in [0.5, 0.6) is 0 Å². The zero-order valence-corrected chi connectivity index (χ0v) is 12.6. The van der Waals surface area contributed by atoms with Crippen LogP contribution in [0.1, 0.15) is 32.3 Å².